The van der Waals surface area contributed by atoms with Crippen LogP contribution in [-0.4, -0.2) is 36.1 Å². The molecule has 0 saturated heterocycles. The lowest BCUT2D eigenvalue weighted by molar-refractivity contribution is 0.0924. The van der Waals surface area contributed by atoms with Gasteiger partial charge in [0.1, 0.15) is 0 Å². The largest absolute Gasteiger partial charge is 0.396 e. The Labute approximate surface area is 131 Å². The van der Waals surface area contributed by atoms with E-state index in [4.69, 9.17) is 5.11 Å². The Morgan fingerprint density at radius 3 is 2.55 bits per heavy atom. The van der Waals surface area contributed by atoms with E-state index in [9.17, 15) is 9.59 Å². The molecule has 0 bridgehead atoms. The smallest absolute Gasteiger partial charge is 0.251 e. The highest BCUT2D eigenvalue weighted by Crippen LogP contribution is 2.34. The Morgan fingerprint density at radius 2 is 1.95 bits per heavy atom. The minimum absolute atomic E-state index is 0.0232. The average molecular weight is 304 g/mol. The topological polar surface area (TPSA) is 78.4 Å². The van der Waals surface area contributed by atoms with Gasteiger partial charge in [0.15, 0.2) is 0 Å². The lowest BCUT2D eigenvalue weighted by atomic mass is 10.1. The summed E-state index contributed by atoms with van der Waals surface area (Å²) >= 11 is 0. The molecular weight excluding hydrogens is 280 g/mol. The van der Waals surface area contributed by atoms with Crippen LogP contribution >= 0.6 is 0 Å². The second-order valence-electron chi connectivity index (χ2n) is 5.77. The Morgan fingerprint density at radius 1 is 1.27 bits per heavy atom. The van der Waals surface area contributed by atoms with Crippen LogP contribution in [0.2, 0.25) is 0 Å². The van der Waals surface area contributed by atoms with Crippen molar-refractivity contribution >= 4 is 11.8 Å². The number of hydrogen-bond donors (Lipinski definition) is 3. The third kappa shape index (κ3) is 4.56. The number of nitrogens with one attached hydrogen (secondary N) is 2. The average Bonchev–Trinajstić information content (AvgIpc) is 3.37. The number of amides is 2. The van der Waals surface area contributed by atoms with Gasteiger partial charge in [0, 0.05) is 30.3 Å². The number of rotatable bonds is 8. The van der Waals surface area contributed by atoms with Gasteiger partial charge in [-0.05, 0) is 49.8 Å². The molecule has 22 heavy (non-hydrogen) atoms. The van der Waals surface area contributed by atoms with E-state index in [-0.39, 0.29) is 24.5 Å². The van der Waals surface area contributed by atoms with Gasteiger partial charge >= 0.3 is 0 Å². The van der Waals surface area contributed by atoms with Crippen molar-refractivity contribution in [3.05, 3.63) is 35.4 Å². The zero-order chi connectivity index (χ0) is 15.9. The molecule has 1 saturated carbocycles. The van der Waals surface area contributed by atoms with Crippen LogP contribution < -0.4 is 10.6 Å². The molecule has 5 nitrogen and oxygen atoms in total. The lowest BCUT2D eigenvalue weighted by Gasteiger charge is -2.17. The second-order valence-corrected chi connectivity index (χ2v) is 5.77. The number of aliphatic hydroxyl groups is 1. The van der Waals surface area contributed by atoms with Gasteiger partial charge in [0.25, 0.3) is 11.8 Å². The maximum Gasteiger partial charge on any atom is 0.251 e. The van der Waals surface area contributed by atoms with E-state index in [1.165, 1.54) is 0 Å². The molecule has 0 heterocycles. The quantitative estimate of drug-likeness (QED) is 0.684. The summed E-state index contributed by atoms with van der Waals surface area (Å²) in [5, 5.41) is 14.9. The fourth-order valence-corrected chi connectivity index (χ4v) is 2.46. The van der Waals surface area contributed by atoms with Crippen LogP contribution in [0.1, 0.15) is 53.3 Å². The van der Waals surface area contributed by atoms with Crippen LogP contribution in [0.4, 0.5) is 0 Å². The maximum atomic E-state index is 12.3. The molecule has 1 aromatic rings. The summed E-state index contributed by atoms with van der Waals surface area (Å²) in [7, 11) is 0. The molecule has 2 rings (SSSR count). The molecule has 120 valence electrons. The fourth-order valence-electron chi connectivity index (χ4n) is 2.46. The molecule has 3 N–H and O–H groups in total. The highest BCUT2D eigenvalue weighted by molar-refractivity contribution is 5.99. The predicted molar refractivity (Wildman–Crippen MR) is 84.7 cm³/mol. The van der Waals surface area contributed by atoms with Crippen molar-refractivity contribution in [2.45, 2.75) is 38.6 Å². The summed E-state index contributed by atoms with van der Waals surface area (Å²) in [6.07, 6.45) is 3.65. The maximum absolute atomic E-state index is 12.3. The second kappa shape index (κ2) is 7.94. The molecule has 1 atom stereocenters. The fraction of sp³-hybridized carbons (Fsp3) is 0.529. The summed E-state index contributed by atoms with van der Waals surface area (Å²) in [6, 6.07) is 6.76. The summed E-state index contributed by atoms with van der Waals surface area (Å²) < 4.78 is 0. The lowest BCUT2D eigenvalue weighted by Crippen LogP contribution is -2.37. The third-order valence-corrected chi connectivity index (χ3v) is 3.87. The molecule has 5 heteroatoms. The summed E-state index contributed by atoms with van der Waals surface area (Å²) in [4.78, 5) is 24.3. The molecule has 1 aromatic carbocycles. The van der Waals surface area contributed by atoms with Crippen LogP contribution in [0.5, 0.6) is 0 Å². The molecule has 0 aromatic heterocycles. The van der Waals surface area contributed by atoms with Crippen molar-refractivity contribution in [3.63, 3.8) is 0 Å². The Bertz CT molecular complexity index is 526. The van der Waals surface area contributed by atoms with Crippen LogP contribution in [0.25, 0.3) is 0 Å². The van der Waals surface area contributed by atoms with Crippen LogP contribution in [0.15, 0.2) is 24.3 Å². The van der Waals surface area contributed by atoms with E-state index < -0.39 is 0 Å². The van der Waals surface area contributed by atoms with E-state index in [0.29, 0.717) is 30.0 Å². The highest BCUT2D eigenvalue weighted by Gasteiger charge is 2.31. The molecule has 2 amide bonds. The summed E-state index contributed by atoms with van der Waals surface area (Å²) in [5.41, 5.74) is 0.971. The number of carbonyl (C=O) groups excluding carboxylic acids is 2. The Hall–Kier alpha value is -1.88. The van der Waals surface area contributed by atoms with Gasteiger partial charge in [-0.1, -0.05) is 13.0 Å². The summed E-state index contributed by atoms with van der Waals surface area (Å²) in [6.45, 7) is 2.68. The Kier molecular flexibility index (Phi) is 5.95. The zero-order valence-corrected chi connectivity index (χ0v) is 13.0. The number of benzene rings is 1. The van der Waals surface area contributed by atoms with Crippen LogP contribution in [0.3, 0.4) is 0 Å². The molecule has 0 aliphatic heterocycles. The van der Waals surface area contributed by atoms with Crippen molar-refractivity contribution < 1.29 is 14.7 Å². The molecule has 1 fully saturated rings. The van der Waals surface area contributed by atoms with Gasteiger partial charge in [0.2, 0.25) is 0 Å². The van der Waals surface area contributed by atoms with E-state index in [1.54, 1.807) is 24.3 Å². The van der Waals surface area contributed by atoms with E-state index in [1.807, 2.05) is 6.92 Å². The third-order valence-electron chi connectivity index (χ3n) is 3.87. The first kappa shape index (κ1) is 16.5. The first-order valence-corrected chi connectivity index (χ1v) is 7.95. The standard InChI is InChI=1S/C17H24N2O3/c1-2-9-18-16(21)13-4-3-5-14(11-13)17(22)19-15(8-10-20)12-6-7-12/h3-5,11-12,15,20H,2,6-10H2,1H3,(H,18,21)(H,19,22). The van der Waals surface area contributed by atoms with Crippen molar-refractivity contribution in [1.82, 2.24) is 10.6 Å². The van der Waals surface area contributed by atoms with E-state index in [2.05, 4.69) is 10.6 Å². The predicted octanol–water partition coefficient (Wildman–Crippen LogP) is 1.72. The number of hydrogen-bond acceptors (Lipinski definition) is 3. The summed E-state index contributed by atoms with van der Waals surface area (Å²) in [5.74, 6) is 0.133. The number of aliphatic hydroxyl groups excluding tert-OH is 1. The molecule has 1 aliphatic carbocycles. The number of carbonyl (C=O) groups is 2. The molecule has 1 aliphatic rings. The first-order valence-electron chi connectivity index (χ1n) is 7.95. The highest BCUT2D eigenvalue weighted by atomic mass is 16.3. The van der Waals surface area contributed by atoms with Gasteiger partial charge in [-0.2, -0.15) is 0 Å². The molecule has 1 unspecified atom stereocenters. The minimum Gasteiger partial charge on any atom is -0.396 e. The zero-order valence-electron chi connectivity index (χ0n) is 13.0. The van der Waals surface area contributed by atoms with Crippen molar-refractivity contribution in [2.75, 3.05) is 13.2 Å². The first-order chi connectivity index (χ1) is 10.7. The molecular formula is C17H24N2O3. The van der Waals surface area contributed by atoms with E-state index in [0.717, 1.165) is 19.3 Å². The van der Waals surface area contributed by atoms with Crippen molar-refractivity contribution in [2.24, 2.45) is 5.92 Å². The van der Waals surface area contributed by atoms with Crippen LogP contribution in [-0.2, 0) is 0 Å². The van der Waals surface area contributed by atoms with Gasteiger partial charge in [-0.25, -0.2) is 0 Å². The minimum atomic E-state index is -0.185. The van der Waals surface area contributed by atoms with Crippen LogP contribution in [0, 0.1) is 5.92 Å². The van der Waals surface area contributed by atoms with E-state index >= 15 is 0 Å². The SMILES string of the molecule is CCCNC(=O)c1cccc(C(=O)NC(CCO)C2CC2)c1. The van der Waals surface area contributed by atoms with Gasteiger partial charge < -0.3 is 15.7 Å². The molecule has 0 spiro atoms. The monoisotopic (exact) mass is 304 g/mol. The normalized spacial score (nSPS) is 15.2. The van der Waals surface area contributed by atoms with Gasteiger partial charge in [-0.15, -0.1) is 0 Å². The van der Waals surface area contributed by atoms with Crippen molar-refractivity contribution in [3.8, 4) is 0 Å². The van der Waals surface area contributed by atoms with Crippen molar-refractivity contribution in [1.29, 1.82) is 0 Å². The molecule has 0 radical (unpaired) electrons. The Balaban J connectivity index is 2.01. The van der Waals surface area contributed by atoms with Gasteiger partial charge in [0.05, 0.1) is 0 Å². The van der Waals surface area contributed by atoms with Gasteiger partial charge in [-0.3, -0.25) is 9.59 Å².